The third-order valence-electron chi connectivity index (χ3n) is 6.44. The lowest BCUT2D eigenvalue weighted by molar-refractivity contribution is -0.140. The topological polar surface area (TPSA) is 66.5 Å². The number of imide groups is 1. The molecule has 4 aliphatic carbocycles. The van der Waals surface area contributed by atoms with E-state index in [1.807, 2.05) is 24.3 Å². The van der Waals surface area contributed by atoms with Crippen molar-refractivity contribution in [2.75, 3.05) is 11.9 Å². The van der Waals surface area contributed by atoms with Gasteiger partial charge in [-0.15, -0.1) is 0 Å². The van der Waals surface area contributed by atoms with Crippen molar-refractivity contribution in [1.82, 2.24) is 4.90 Å². The van der Waals surface area contributed by atoms with Gasteiger partial charge in [-0.2, -0.15) is 0 Å². The lowest BCUT2D eigenvalue weighted by Crippen LogP contribution is -2.40. The van der Waals surface area contributed by atoms with Crippen LogP contribution in [0.25, 0.3) is 0 Å². The Morgan fingerprint density at radius 2 is 1.62 bits per heavy atom. The van der Waals surface area contributed by atoms with Crippen molar-refractivity contribution >= 4 is 46.0 Å². The lowest BCUT2D eigenvalue weighted by atomic mass is 9.63. The third kappa shape index (κ3) is 2.45. The van der Waals surface area contributed by atoms with Gasteiger partial charge in [-0.25, -0.2) is 0 Å². The molecule has 3 amide bonds. The Bertz CT molecular complexity index is 798. The van der Waals surface area contributed by atoms with Gasteiger partial charge in [-0.3, -0.25) is 19.3 Å². The van der Waals surface area contributed by atoms with E-state index in [0.29, 0.717) is 11.8 Å². The van der Waals surface area contributed by atoms with Crippen molar-refractivity contribution in [2.24, 2.45) is 35.5 Å². The Kier molecular flexibility index (Phi) is 3.74. The Hall–Kier alpha value is -1.70. The van der Waals surface area contributed by atoms with E-state index in [9.17, 15) is 14.4 Å². The standard InChI is InChI=1S/C20H19IN2O3/c21-10-1-3-11(4-2-10)22-16(24)7-8-23-19(25)17-12-5-6-13(15-9-14(12)15)18(17)20(23)26/h1-6,12-15,17-18H,7-9H2,(H,22,24)/t12-,13-,14-,15+,17-,18+/m0/s1. The Labute approximate surface area is 165 Å². The van der Waals surface area contributed by atoms with E-state index in [1.54, 1.807) is 0 Å². The predicted molar refractivity (Wildman–Crippen MR) is 104 cm³/mol. The number of carbonyl (C=O) groups excluding carboxylic acids is 3. The number of hydrogen-bond donors (Lipinski definition) is 1. The van der Waals surface area contributed by atoms with Gasteiger partial charge in [0, 0.05) is 22.2 Å². The number of amides is 3. The first-order valence-electron chi connectivity index (χ1n) is 9.13. The van der Waals surface area contributed by atoms with Crippen LogP contribution in [0.2, 0.25) is 0 Å². The summed E-state index contributed by atoms with van der Waals surface area (Å²) in [4.78, 5) is 39.3. The highest BCUT2D eigenvalue weighted by atomic mass is 127. The molecule has 1 saturated heterocycles. The van der Waals surface area contributed by atoms with E-state index in [4.69, 9.17) is 0 Å². The molecule has 0 spiro atoms. The SMILES string of the molecule is O=C(CCN1C(=O)[C@@H]2[C@H]3C=C[C@@H]([C@@H]4C[C@H]34)[C@@H]2C1=O)Nc1ccc(I)cc1. The molecule has 1 aromatic carbocycles. The first kappa shape index (κ1) is 16.5. The summed E-state index contributed by atoms with van der Waals surface area (Å²) in [5, 5.41) is 2.83. The van der Waals surface area contributed by atoms with Gasteiger partial charge in [0.15, 0.2) is 0 Å². The van der Waals surface area contributed by atoms with E-state index in [1.165, 1.54) is 4.90 Å². The zero-order valence-electron chi connectivity index (χ0n) is 14.1. The highest BCUT2D eigenvalue weighted by Gasteiger charge is 2.66. The molecule has 6 heteroatoms. The number of nitrogens with one attached hydrogen (secondary N) is 1. The lowest BCUT2D eigenvalue weighted by Gasteiger charge is -2.37. The fourth-order valence-corrected chi connectivity index (χ4v) is 5.57. The van der Waals surface area contributed by atoms with Gasteiger partial charge in [0.25, 0.3) is 0 Å². The second-order valence-electron chi connectivity index (χ2n) is 7.79. The fourth-order valence-electron chi connectivity index (χ4n) is 5.21. The Morgan fingerprint density at radius 1 is 1.04 bits per heavy atom. The largest absolute Gasteiger partial charge is 0.326 e. The van der Waals surface area contributed by atoms with E-state index in [0.717, 1.165) is 15.7 Å². The maximum Gasteiger partial charge on any atom is 0.233 e. The second kappa shape index (κ2) is 5.90. The highest BCUT2D eigenvalue weighted by Crippen LogP contribution is 2.65. The number of rotatable bonds is 4. The van der Waals surface area contributed by atoms with E-state index >= 15 is 0 Å². The molecule has 1 N–H and O–H groups in total. The van der Waals surface area contributed by atoms with Crippen LogP contribution >= 0.6 is 22.6 Å². The van der Waals surface area contributed by atoms with Crippen molar-refractivity contribution < 1.29 is 14.4 Å². The molecule has 6 atom stereocenters. The number of allylic oxidation sites excluding steroid dienone is 2. The molecule has 1 aromatic rings. The molecule has 26 heavy (non-hydrogen) atoms. The molecule has 1 aliphatic heterocycles. The molecule has 2 saturated carbocycles. The first-order chi connectivity index (χ1) is 12.5. The van der Waals surface area contributed by atoms with Gasteiger partial charge in [0.05, 0.1) is 11.8 Å². The van der Waals surface area contributed by atoms with Gasteiger partial charge >= 0.3 is 0 Å². The van der Waals surface area contributed by atoms with Crippen LogP contribution in [-0.4, -0.2) is 29.2 Å². The van der Waals surface area contributed by atoms with Crippen LogP contribution in [0.5, 0.6) is 0 Å². The summed E-state index contributed by atoms with van der Waals surface area (Å²) in [5.74, 6) is 1.01. The minimum absolute atomic E-state index is 0.0632. The molecule has 0 radical (unpaired) electrons. The minimum atomic E-state index is -0.180. The second-order valence-corrected chi connectivity index (χ2v) is 9.03. The number of halogens is 1. The number of hydrogen-bond acceptors (Lipinski definition) is 3. The Balaban J connectivity index is 1.24. The molecule has 6 rings (SSSR count). The zero-order chi connectivity index (χ0) is 18.0. The number of carbonyl (C=O) groups is 3. The smallest absolute Gasteiger partial charge is 0.233 e. The maximum atomic E-state index is 12.9. The predicted octanol–water partition coefficient (Wildman–Crippen LogP) is 2.67. The van der Waals surface area contributed by atoms with Crippen molar-refractivity contribution in [3.63, 3.8) is 0 Å². The van der Waals surface area contributed by atoms with Gasteiger partial charge in [0.1, 0.15) is 0 Å². The molecule has 1 heterocycles. The first-order valence-corrected chi connectivity index (χ1v) is 10.2. The van der Waals surface area contributed by atoms with Crippen LogP contribution in [0.1, 0.15) is 12.8 Å². The number of nitrogens with zero attached hydrogens (tertiary/aromatic N) is 1. The average molecular weight is 462 g/mol. The van der Waals surface area contributed by atoms with Gasteiger partial charge in [-0.1, -0.05) is 12.2 Å². The summed E-state index contributed by atoms with van der Waals surface area (Å²) in [6.07, 6.45) is 5.63. The number of likely N-dealkylation sites (tertiary alicyclic amines) is 1. The summed E-state index contributed by atoms with van der Waals surface area (Å²) in [7, 11) is 0. The van der Waals surface area contributed by atoms with Crippen LogP contribution in [0.15, 0.2) is 36.4 Å². The number of anilines is 1. The normalized spacial score (nSPS) is 36.1. The summed E-state index contributed by atoms with van der Waals surface area (Å²) in [6.45, 7) is 0.176. The average Bonchev–Trinajstić information content (AvgIpc) is 3.41. The van der Waals surface area contributed by atoms with Crippen LogP contribution < -0.4 is 5.32 Å². The maximum absolute atomic E-state index is 12.9. The molecular formula is C20H19IN2O3. The summed E-state index contributed by atoms with van der Waals surface area (Å²) < 4.78 is 1.10. The molecule has 0 unspecified atom stereocenters. The quantitative estimate of drug-likeness (QED) is 0.425. The summed E-state index contributed by atoms with van der Waals surface area (Å²) in [6, 6.07) is 7.52. The van der Waals surface area contributed by atoms with Crippen molar-refractivity contribution in [3.8, 4) is 0 Å². The third-order valence-corrected chi connectivity index (χ3v) is 7.16. The summed E-state index contributed by atoms with van der Waals surface area (Å²) >= 11 is 2.21. The van der Waals surface area contributed by atoms with E-state index < -0.39 is 0 Å². The van der Waals surface area contributed by atoms with Crippen molar-refractivity contribution in [2.45, 2.75) is 12.8 Å². The number of benzene rings is 1. The van der Waals surface area contributed by atoms with Gasteiger partial charge < -0.3 is 5.32 Å². The van der Waals surface area contributed by atoms with Crippen LogP contribution in [-0.2, 0) is 14.4 Å². The molecule has 2 bridgehead atoms. The molecule has 5 aliphatic rings. The molecule has 0 aromatic heterocycles. The van der Waals surface area contributed by atoms with Gasteiger partial charge in [-0.05, 0) is 76.9 Å². The minimum Gasteiger partial charge on any atom is -0.326 e. The molecular weight excluding hydrogens is 443 g/mol. The zero-order valence-corrected chi connectivity index (χ0v) is 16.3. The molecule has 3 fully saturated rings. The van der Waals surface area contributed by atoms with Crippen molar-refractivity contribution in [1.29, 1.82) is 0 Å². The molecule has 134 valence electrons. The van der Waals surface area contributed by atoms with Crippen molar-refractivity contribution in [3.05, 3.63) is 40.0 Å². The van der Waals surface area contributed by atoms with E-state index in [-0.39, 0.29) is 54.4 Å². The molecule has 5 nitrogen and oxygen atoms in total. The Morgan fingerprint density at radius 3 is 2.19 bits per heavy atom. The van der Waals surface area contributed by atoms with Crippen LogP contribution in [0.3, 0.4) is 0 Å². The monoisotopic (exact) mass is 462 g/mol. The van der Waals surface area contributed by atoms with Crippen LogP contribution in [0, 0.1) is 39.1 Å². The van der Waals surface area contributed by atoms with E-state index in [2.05, 4.69) is 40.1 Å². The summed E-state index contributed by atoms with van der Waals surface area (Å²) in [5.41, 5.74) is 0.727. The fraction of sp³-hybridized carbons (Fsp3) is 0.450. The van der Waals surface area contributed by atoms with Gasteiger partial charge in [0.2, 0.25) is 17.7 Å². The highest BCUT2D eigenvalue weighted by molar-refractivity contribution is 14.1. The van der Waals surface area contributed by atoms with Crippen LogP contribution in [0.4, 0.5) is 5.69 Å².